The number of esters is 1. The van der Waals surface area contributed by atoms with Crippen LogP contribution in [0.15, 0.2) is 30.3 Å². The van der Waals surface area contributed by atoms with Crippen molar-refractivity contribution in [2.75, 3.05) is 19.7 Å². The van der Waals surface area contributed by atoms with Crippen LogP contribution in [0.5, 0.6) is 0 Å². The van der Waals surface area contributed by atoms with E-state index in [-0.39, 0.29) is 17.8 Å². The highest BCUT2D eigenvalue weighted by Gasteiger charge is 2.30. The minimum Gasteiger partial charge on any atom is -0.466 e. The van der Waals surface area contributed by atoms with E-state index in [1.54, 1.807) is 11.8 Å². The van der Waals surface area contributed by atoms with Crippen LogP contribution in [0.3, 0.4) is 0 Å². The molecule has 114 valence electrons. The number of nitrogens with zero attached hydrogens (tertiary/aromatic N) is 1. The van der Waals surface area contributed by atoms with Crippen LogP contribution in [0.2, 0.25) is 0 Å². The fourth-order valence-electron chi connectivity index (χ4n) is 2.60. The van der Waals surface area contributed by atoms with Crippen LogP contribution in [-0.4, -0.2) is 36.5 Å². The number of carbonyl (C=O) groups is 2. The molecule has 1 aromatic carbocycles. The molecule has 1 aromatic rings. The van der Waals surface area contributed by atoms with Crippen molar-refractivity contribution in [3.8, 4) is 0 Å². The predicted octanol–water partition coefficient (Wildman–Crippen LogP) is 1.49. The molecule has 0 aliphatic carbocycles. The van der Waals surface area contributed by atoms with Crippen molar-refractivity contribution >= 4 is 11.9 Å². The molecule has 0 bridgehead atoms. The lowest BCUT2D eigenvalue weighted by Crippen LogP contribution is -2.44. The SMILES string of the molecule is CCOC(=O)C1CCN(C(=O)[C@@H](N)c2ccccc2)CC1. The van der Waals surface area contributed by atoms with Crippen LogP contribution in [0, 0.1) is 5.92 Å². The number of nitrogens with two attached hydrogens (primary N) is 1. The van der Waals surface area contributed by atoms with E-state index in [0.29, 0.717) is 32.5 Å². The standard InChI is InChI=1S/C16H22N2O3/c1-2-21-16(20)13-8-10-18(11-9-13)15(19)14(17)12-6-4-3-5-7-12/h3-7,13-14H,2,8-11,17H2,1H3/t14-/m0/s1. The molecule has 1 atom stereocenters. The molecule has 1 aliphatic rings. The van der Waals surface area contributed by atoms with E-state index in [9.17, 15) is 9.59 Å². The Kier molecular flexibility index (Phi) is 5.33. The van der Waals surface area contributed by atoms with Crippen molar-refractivity contribution in [1.82, 2.24) is 4.90 Å². The summed E-state index contributed by atoms with van der Waals surface area (Å²) in [6.07, 6.45) is 1.29. The largest absolute Gasteiger partial charge is 0.466 e. The van der Waals surface area contributed by atoms with Gasteiger partial charge in [-0.3, -0.25) is 9.59 Å². The number of rotatable bonds is 4. The van der Waals surface area contributed by atoms with E-state index in [1.807, 2.05) is 30.3 Å². The smallest absolute Gasteiger partial charge is 0.309 e. The van der Waals surface area contributed by atoms with Crippen molar-refractivity contribution in [2.24, 2.45) is 11.7 Å². The van der Waals surface area contributed by atoms with Gasteiger partial charge in [0.1, 0.15) is 6.04 Å². The number of ether oxygens (including phenoxy) is 1. The van der Waals surface area contributed by atoms with Gasteiger partial charge in [0.25, 0.3) is 0 Å². The molecule has 0 aromatic heterocycles. The lowest BCUT2D eigenvalue weighted by molar-refractivity contribution is -0.151. The van der Waals surface area contributed by atoms with Gasteiger partial charge in [0.15, 0.2) is 0 Å². The summed E-state index contributed by atoms with van der Waals surface area (Å²) in [6.45, 7) is 3.32. The molecular formula is C16H22N2O3. The molecule has 2 N–H and O–H groups in total. The first-order valence-electron chi connectivity index (χ1n) is 7.39. The van der Waals surface area contributed by atoms with Gasteiger partial charge < -0.3 is 15.4 Å². The normalized spacial score (nSPS) is 17.3. The van der Waals surface area contributed by atoms with Crippen LogP contribution < -0.4 is 5.73 Å². The highest BCUT2D eigenvalue weighted by atomic mass is 16.5. The Morgan fingerprint density at radius 2 is 1.90 bits per heavy atom. The molecule has 1 amide bonds. The van der Waals surface area contributed by atoms with Crippen LogP contribution in [-0.2, 0) is 14.3 Å². The third kappa shape index (κ3) is 3.82. The van der Waals surface area contributed by atoms with Crippen molar-refractivity contribution in [3.05, 3.63) is 35.9 Å². The van der Waals surface area contributed by atoms with E-state index in [2.05, 4.69) is 0 Å². The quantitative estimate of drug-likeness (QED) is 0.853. The van der Waals surface area contributed by atoms with E-state index in [4.69, 9.17) is 10.5 Å². The summed E-state index contributed by atoms with van der Waals surface area (Å²) in [7, 11) is 0. The molecule has 21 heavy (non-hydrogen) atoms. The molecule has 1 fully saturated rings. The Hall–Kier alpha value is -1.88. The van der Waals surface area contributed by atoms with Gasteiger partial charge in [0.2, 0.25) is 5.91 Å². The summed E-state index contributed by atoms with van der Waals surface area (Å²) >= 11 is 0. The molecule has 0 spiro atoms. The van der Waals surface area contributed by atoms with Crippen LogP contribution in [0.4, 0.5) is 0 Å². The van der Waals surface area contributed by atoms with Gasteiger partial charge in [0, 0.05) is 13.1 Å². The summed E-state index contributed by atoms with van der Waals surface area (Å²) in [6, 6.07) is 8.71. The lowest BCUT2D eigenvalue weighted by Gasteiger charge is -2.32. The first-order chi connectivity index (χ1) is 10.1. The number of hydrogen-bond donors (Lipinski definition) is 1. The molecule has 0 radical (unpaired) electrons. The van der Waals surface area contributed by atoms with Crippen molar-refractivity contribution in [2.45, 2.75) is 25.8 Å². The Bertz CT molecular complexity index is 482. The molecule has 5 heteroatoms. The second-order valence-electron chi connectivity index (χ2n) is 5.24. The maximum atomic E-state index is 12.4. The summed E-state index contributed by atoms with van der Waals surface area (Å²) in [4.78, 5) is 25.8. The zero-order valence-electron chi connectivity index (χ0n) is 12.3. The maximum Gasteiger partial charge on any atom is 0.309 e. The molecular weight excluding hydrogens is 268 g/mol. The van der Waals surface area contributed by atoms with Crippen LogP contribution >= 0.6 is 0 Å². The van der Waals surface area contributed by atoms with Gasteiger partial charge in [0.05, 0.1) is 12.5 Å². The Balaban J connectivity index is 1.90. The first kappa shape index (κ1) is 15.5. The van der Waals surface area contributed by atoms with E-state index >= 15 is 0 Å². The van der Waals surface area contributed by atoms with Crippen molar-refractivity contribution in [3.63, 3.8) is 0 Å². The number of piperidine rings is 1. The zero-order chi connectivity index (χ0) is 15.2. The summed E-state index contributed by atoms with van der Waals surface area (Å²) < 4.78 is 5.03. The van der Waals surface area contributed by atoms with E-state index in [0.717, 1.165) is 5.56 Å². The van der Waals surface area contributed by atoms with Gasteiger partial charge in [-0.15, -0.1) is 0 Å². The van der Waals surface area contributed by atoms with Gasteiger partial charge in [-0.05, 0) is 25.3 Å². The second-order valence-corrected chi connectivity index (χ2v) is 5.24. The summed E-state index contributed by atoms with van der Waals surface area (Å²) in [5.41, 5.74) is 6.84. The maximum absolute atomic E-state index is 12.4. The molecule has 1 heterocycles. The fraction of sp³-hybridized carbons (Fsp3) is 0.500. The lowest BCUT2D eigenvalue weighted by atomic mass is 9.96. The van der Waals surface area contributed by atoms with Gasteiger partial charge in [-0.25, -0.2) is 0 Å². The van der Waals surface area contributed by atoms with E-state index in [1.165, 1.54) is 0 Å². The average molecular weight is 290 g/mol. The predicted molar refractivity (Wildman–Crippen MR) is 79.3 cm³/mol. The minimum atomic E-state index is -0.634. The van der Waals surface area contributed by atoms with Crippen LogP contribution in [0.1, 0.15) is 31.4 Å². The molecule has 0 saturated carbocycles. The molecule has 5 nitrogen and oxygen atoms in total. The average Bonchev–Trinajstić information content (AvgIpc) is 2.54. The van der Waals surface area contributed by atoms with Crippen molar-refractivity contribution < 1.29 is 14.3 Å². The number of carbonyl (C=O) groups excluding carboxylic acids is 2. The Labute approximate surface area is 125 Å². The fourth-order valence-corrected chi connectivity index (χ4v) is 2.60. The minimum absolute atomic E-state index is 0.0801. The topological polar surface area (TPSA) is 72.6 Å². The summed E-state index contributed by atoms with van der Waals surface area (Å²) in [5.74, 6) is -0.331. The number of amides is 1. The third-order valence-electron chi connectivity index (χ3n) is 3.85. The molecule has 1 saturated heterocycles. The third-order valence-corrected chi connectivity index (χ3v) is 3.85. The monoisotopic (exact) mass is 290 g/mol. The van der Waals surface area contributed by atoms with Crippen LogP contribution in [0.25, 0.3) is 0 Å². The first-order valence-corrected chi connectivity index (χ1v) is 7.39. The van der Waals surface area contributed by atoms with Gasteiger partial charge in [-0.2, -0.15) is 0 Å². The van der Waals surface area contributed by atoms with Gasteiger partial charge >= 0.3 is 5.97 Å². The van der Waals surface area contributed by atoms with Crippen molar-refractivity contribution in [1.29, 1.82) is 0 Å². The molecule has 2 rings (SSSR count). The Morgan fingerprint density at radius 1 is 1.29 bits per heavy atom. The van der Waals surface area contributed by atoms with E-state index < -0.39 is 6.04 Å². The Morgan fingerprint density at radius 3 is 2.48 bits per heavy atom. The number of hydrogen-bond acceptors (Lipinski definition) is 4. The molecule has 1 aliphatic heterocycles. The highest BCUT2D eigenvalue weighted by molar-refractivity contribution is 5.83. The summed E-state index contributed by atoms with van der Waals surface area (Å²) in [5, 5.41) is 0. The number of benzene rings is 1. The zero-order valence-corrected chi connectivity index (χ0v) is 12.3. The second kappa shape index (κ2) is 7.22. The number of likely N-dealkylation sites (tertiary alicyclic amines) is 1. The highest BCUT2D eigenvalue weighted by Crippen LogP contribution is 2.21. The molecule has 0 unspecified atom stereocenters. The van der Waals surface area contributed by atoms with Gasteiger partial charge in [-0.1, -0.05) is 30.3 Å².